The van der Waals surface area contributed by atoms with Crippen LogP contribution in [0.4, 0.5) is 0 Å². The molecule has 0 unspecified atom stereocenters. The first kappa shape index (κ1) is 15.7. The molecule has 23 heavy (non-hydrogen) atoms. The average Bonchev–Trinajstić information content (AvgIpc) is 3.15. The molecule has 7 heteroatoms. The van der Waals surface area contributed by atoms with Crippen molar-refractivity contribution in [2.75, 3.05) is 26.2 Å². The van der Waals surface area contributed by atoms with Gasteiger partial charge in [0.1, 0.15) is 6.04 Å². The van der Waals surface area contributed by atoms with E-state index in [9.17, 15) is 4.79 Å². The van der Waals surface area contributed by atoms with Gasteiger partial charge < -0.3 is 4.90 Å². The summed E-state index contributed by atoms with van der Waals surface area (Å²) in [4.78, 5) is 17.0. The minimum Gasteiger partial charge on any atom is -0.340 e. The van der Waals surface area contributed by atoms with Crippen molar-refractivity contribution in [2.45, 2.75) is 25.9 Å². The molecule has 0 bridgehead atoms. The summed E-state index contributed by atoms with van der Waals surface area (Å²) in [6.07, 6.45) is 8.51. The molecule has 0 aromatic carbocycles. The van der Waals surface area contributed by atoms with Crippen LogP contribution in [0.3, 0.4) is 0 Å². The lowest BCUT2D eigenvalue weighted by atomic mass is 10.2. The van der Waals surface area contributed by atoms with Gasteiger partial charge in [-0.2, -0.15) is 10.2 Å². The van der Waals surface area contributed by atoms with Crippen molar-refractivity contribution in [1.29, 1.82) is 0 Å². The van der Waals surface area contributed by atoms with E-state index in [2.05, 4.69) is 15.1 Å². The Bertz CT molecular complexity index is 635. The summed E-state index contributed by atoms with van der Waals surface area (Å²) in [5.74, 6) is 0.150. The SMILES string of the molecule is C[C@@H](C(=O)N1CCCN(Cc2cnn(C)c2)CC1)n1cccn1. The van der Waals surface area contributed by atoms with Gasteiger partial charge in [0.2, 0.25) is 5.91 Å². The highest BCUT2D eigenvalue weighted by Crippen LogP contribution is 2.13. The number of hydrogen-bond donors (Lipinski definition) is 0. The van der Waals surface area contributed by atoms with Crippen LogP contribution in [0.1, 0.15) is 24.9 Å². The van der Waals surface area contributed by atoms with Crippen molar-refractivity contribution >= 4 is 5.91 Å². The third-order valence-electron chi connectivity index (χ3n) is 4.34. The molecule has 1 aliphatic heterocycles. The van der Waals surface area contributed by atoms with Gasteiger partial charge >= 0.3 is 0 Å². The second-order valence-corrected chi connectivity index (χ2v) is 6.14. The number of aryl methyl sites for hydroxylation is 1. The van der Waals surface area contributed by atoms with Crippen LogP contribution in [0, 0.1) is 0 Å². The summed E-state index contributed by atoms with van der Waals surface area (Å²) >= 11 is 0. The quantitative estimate of drug-likeness (QED) is 0.841. The van der Waals surface area contributed by atoms with E-state index in [4.69, 9.17) is 0 Å². The Hall–Kier alpha value is -2.15. The lowest BCUT2D eigenvalue weighted by Crippen LogP contribution is -2.39. The van der Waals surface area contributed by atoms with Crippen LogP contribution in [0.2, 0.25) is 0 Å². The fourth-order valence-corrected chi connectivity index (χ4v) is 3.05. The number of amides is 1. The van der Waals surface area contributed by atoms with E-state index >= 15 is 0 Å². The van der Waals surface area contributed by atoms with Gasteiger partial charge in [-0.05, 0) is 19.4 Å². The molecule has 1 fully saturated rings. The normalized spacial score (nSPS) is 17.9. The van der Waals surface area contributed by atoms with E-state index in [1.807, 2.05) is 48.2 Å². The molecule has 1 atom stereocenters. The summed E-state index contributed by atoms with van der Waals surface area (Å²) < 4.78 is 3.55. The van der Waals surface area contributed by atoms with Crippen molar-refractivity contribution in [3.63, 3.8) is 0 Å². The van der Waals surface area contributed by atoms with E-state index in [0.717, 1.165) is 39.1 Å². The van der Waals surface area contributed by atoms with Gasteiger partial charge in [0.05, 0.1) is 6.20 Å². The molecule has 0 saturated carbocycles. The zero-order valence-electron chi connectivity index (χ0n) is 13.8. The monoisotopic (exact) mass is 316 g/mol. The molecule has 7 nitrogen and oxygen atoms in total. The number of nitrogens with zero attached hydrogens (tertiary/aromatic N) is 6. The molecule has 0 radical (unpaired) electrons. The van der Waals surface area contributed by atoms with Crippen LogP contribution in [-0.2, 0) is 18.4 Å². The zero-order chi connectivity index (χ0) is 16.2. The Morgan fingerprint density at radius 3 is 2.83 bits per heavy atom. The molecule has 0 spiro atoms. The minimum atomic E-state index is -0.241. The first-order chi connectivity index (χ1) is 11.1. The molecular formula is C16H24N6O. The minimum absolute atomic E-state index is 0.150. The molecule has 0 N–H and O–H groups in total. The third-order valence-corrected chi connectivity index (χ3v) is 4.34. The van der Waals surface area contributed by atoms with Crippen LogP contribution in [0.25, 0.3) is 0 Å². The molecule has 2 aromatic heterocycles. The van der Waals surface area contributed by atoms with E-state index < -0.39 is 0 Å². The summed E-state index contributed by atoms with van der Waals surface area (Å²) in [5.41, 5.74) is 1.22. The Kier molecular flexibility index (Phi) is 4.76. The van der Waals surface area contributed by atoms with E-state index in [1.54, 1.807) is 10.9 Å². The number of rotatable bonds is 4. The van der Waals surface area contributed by atoms with Gasteiger partial charge in [-0.3, -0.25) is 19.1 Å². The van der Waals surface area contributed by atoms with Gasteiger partial charge in [0.25, 0.3) is 0 Å². The topological polar surface area (TPSA) is 59.2 Å². The van der Waals surface area contributed by atoms with Gasteiger partial charge in [-0.1, -0.05) is 0 Å². The highest BCUT2D eigenvalue weighted by atomic mass is 16.2. The second-order valence-electron chi connectivity index (χ2n) is 6.14. The van der Waals surface area contributed by atoms with E-state index in [1.165, 1.54) is 5.56 Å². The largest absolute Gasteiger partial charge is 0.340 e. The predicted octanol–water partition coefficient (Wildman–Crippen LogP) is 0.912. The fourth-order valence-electron chi connectivity index (χ4n) is 3.05. The molecular weight excluding hydrogens is 292 g/mol. The number of carbonyl (C=O) groups is 1. The smallest absolute Gasteiger partial charge is 0.247 e. The molecule has 3 rings (SSSR count). The summed E-state index contributed by atoms with van der Waals surface area (Å²) in [6, 6.07) is 1.61. The highest BCUT2D eigenvalue weighted by Gasteiger charge is 2.24. The Morgan fingerprint density at radius 1 is 1.26 bits per heavy atom. The predicted molar refractivity (Wildman–Crippen MR) is 86.6 cm³/mol. The lowest BCUT2D eigenvalue weighted by molar-refractivity contribution is -0.134. The molecule has 0 aliphatic carbocycles. The third kappa shape index (κ3) is 3.79. The maximum Gasteiger partial charge on any atom is 0.247 e. The van der Waals surface area contributed by atoms with Crippen LogP contribution in [0.15, 0.2) is 30.9 Å². The molecule has 124 valence electrons. The van der Waals surface area contributed by atoms with Gasteiger partial charge in [-0.25, -0.2) is 0 Å². The van der Waals surface area contributed by atoms with Crippen LogP contribution in [0.5, 0.6) is 0 Å². The van der Waals surface area contributed by atoms with Crippen LogP contribution in [-0.4, -0.2) is 61.4 Å². The van der Waals surface area contributed by atoms with Gasteiger partial charge in [0.15, 0.2) is 0 Å². The Balaban J connectivity index is 1.56. The maximum atomic E-state index is 12.7. The summed E-state index contributed by atoms with van der Waals surface area (Å²) in [5, 5.41) is 8.39. The number of aromatic nitrogens is 4. The van der Waals surface area contributed by atoms with E-state index in [-0.39, 0.29) is 11.9 Å². The lowest BCUT2D eigenvalue weighted by Gasteiger charge is -2.24. The Labute approximate surface area is 136 Å². The first-order valence-corrected chi connectivity index (χ1v) is 8.11. The van der Waals surface area contributed by atoms with Gasteiger partial charge in [0, 0.05) is 63.9 Å². The summed E-state index contributed by atoms with van der Waals surface area (Å²) in [7, 11) is 1.93. The molecule has 1 amide bonds. The zero-order valence-corrected chi connectivity index (χ0v) is 13.8. The van der Waals surface area contributed by atoms with Crippen molar-refractivity contribution in [3.8, 4) is 0 Å². The molecule has 2 aromatic rings. The fraction of sp³-hybridized carbons (Fsp3) is 0.562. The standard InChI is InChI=1S/C16H24N6O/c1-14(22-8-3-5-17-22)16(23)21-7-4-6-20(9-10-21)13-15-11-18-19(2)12-15/h3,5,8,11-12,14H,4,6-7,9-10,13H2,1-2H3/t14-/m0/s1. The van der Waals surface area contributed by atoms with Crippen molar-refractivity contribution < 1.29 is 4.79 Å². The first-order valence-electron chi connectivity index (χ1n) is 8.11. The van der Waals surface area contributed by atoms with E-state index in [0.29, 0.717) is 0 Å². The second kappa shape index (κ2) is 6.95. The maximum absolute atomic E-state index is 12.7. The Morgan fingerprint density at radius 2 is 2.13 bits per heavy atom. The van der Waals surface area contributed by atoms with Crippen molar-refractivity contribution in [2.24, 2.45) is 7.05 Å². The molecule has 3 heterocycles. The highest BCUT2D eigenvalue weighted by molar-refractivity contribution is 5.80. The van der Waals surface area contributed by atoms with Gasteiger partial charge in [-0.15, -0.1) is 0 Å². The molecule has 1 saturated heterocycles. The van der Waals surface area contributed by atoms with Crippen LogP contribution >= 0.6 is 0 Å². The number of hydrogen-bond acceptors (Lipinski definition) is 4. The number of carbonyl (C=O) groups excluding carboxylic acids is 1. The van der Waals surface area contributed by atoms with Crippen LogP contribution < -0.4 is 0 Å². The van der Waals surface area contributed by atoms with Crippen molar-refractivity contribution in [3.05, 3.63) is 36.4 Å². The summed E-state index contributed by atoms with van der Waals surface area (Å²) in [6.45, 7) is 6.29. The average molecular weight is 316 g/mol. The van der Waals surface area contributed by atoms with Crippen molar-refractivity contribution in [1.82, 2.24) is 29.4 Å². The molecule has 1 aliphatic rings.